The standard InChI is InChI=1S/C12H21N3OS/c1-9(10-3-4-10)15(5-6-16-2)8-11-7-14-12(13)17-11/h7,9-10H,3-6,8H2,1-2H3,(H2,13,14). The summed E-state index contributed by atoms with van der Waals surface area (Å²) in [5.41, 5.74) is 5.67. The molecule has 0 amide bonds. The molecule has 1 saturated carbocycles. The summed E-state index contributed by atoms with van der Waals surface area (Å²) in [6, 6.07) is 0.633. The number of ether oxygens (including phenoxy) is 1. The van der Waals surface area contributed by atoms with Crippen molar-refractivity contribution in [1.82, 2.24) is 9.88 Å². The Balaban J connectivity index is 1.93. The van der Waals surface area contributed by atoms with Crippen LogP contribution in [0.1, 0.15) is 24.6 Å². The lowest BCUT2D eigenvalue weighted by Crippen LogP contribution is -2.36. The van der Waals surface area contributed by atoms with Gasteiger partial charge in [-0.1, -0.05) is 0 Å². The summed E-state index contributed by atoms with van der Waals surface area (Å²) in [4.78, 5) is 7.83. The van der Waals surface area contributed by atoms with Gasteiger partial charge in [-0.25, -0.2) is 4.98 Å². The van der Waals surface area contributed by atoms with Crippen molar-refractivity contribution in [2.75, 3.05) is 26.0 Å². The third kappa shape index (κ3) is 3.66. The first-order valence-corrected chi connectivity index (χ1v) is 6.95. The van der Waals surface area contributed by atoms with Crippen LogP contribution in [-0.2, 0) is 11.3 Å². The lowest BCUT2D eigenvalue weighted by molar-refractivity contribution is 0.112. The average Bonchev–Trinajstić information content (AvgIpc) is 3.08. The van der Waals surface area contributed by atoms with Gasteiger partial charge in [-0.15, -0.1) is 11.3 Å². The van der Waals surface area contributed by atoms with Crippen molar-refractivity contribution in [3.05, 3.63) is 11.1 Å². The fourth-order valence-corrected chi connectivity index (χ4v) is 2.82. The molecule has 1 aliphatic carbocycles. The molecule has 1 atom stereocenters. The van der Waals surface area contributed by atoms with E-state index in [1.165, 1.54) is 17.7 Å². The van der Waals surface area contributed by atoms with E-state index in [-0.39, 0.29) is 0 Å². The maximum Gasteiger partial charge on any atom is 0.180 e. The van der Waals surface area contributed by atoms with Crippen LogP contribution in [0.3, 0.4) is 0 Å². The summed E-state index contributed by atoms with van der Waals surface area (Å²) < 4.78 is 5.19. The van der Waals surface area contributed by atoms with Crippen LogP contribution in [0.2, 0.25) is 0 Å². The first kappa shape index (κ1) is 12.8. The van der Waals surface area contributed by atoms with Crippen LogP contribution in [-0.4, -0.2) is 36.2 Å². The maximum atomic E-state index is 5.67. The average molecular weight is 255 g/mol. The second-order valence-corrected chi connectivity index (χ2v) is 5.85. The molecular weight excluding hydrogens is 234 g/mol. The molecule has 17 heavy (non-hydrogen) atoms. The SMILES string of the molecule is COCCN(Cc1cnc(N)s1)C(C)C1CC1. The minimum atomic E-state index is 0.633. The largest absolute Gasteiger partial charge is 0.383 e. The van der Waals surface area contributed by atoms with E-state index in [2.05, 4.69) is 16.8 Å². The van der Waals surface area contributed by atoms with E-state index in [9.17, 15) is 0 Å². The minimum Gasteiger partial charge on any atom is -0.383 e. The number of hydrogen-bond acceptors (Lipinski definition) is 5. The van der Waals surface area contributed by atoms with E-state index < -0.39 is 0 Å². The van der Waals surface area contributed by atoms with Crippen molar-refractivity contribution < 1.29 is 4.74 Å². The molecule has 96 valence electrons. The molecule has 0 radical (unpaired) electrons. The first-order valence-electron chi connectivity index (χ1n) is 6.14. The number of hydrogen-bond donors (Lipinski definition) is 1. The van der Waals surface area contributed by atoms with E-state index in [1.807, 2.05) is 6.20 Å². The zero-order chi connectivity index (χ0) is 12.3. The Morgan fingerprint density at radius 1 is 1.65 bits per heavy atom. The molecule has 0 aliphatic heterocycles. The highest BCUT2D eigenvalue weighted by molar-refractivity contribution is 7.15. The number of nitrogens with zero attached hydrogens (tertiary/aromatic N) is 2. The molecule has 2 rings (SSSR count). The van der Waals surface area contributed by atoms with Gasteiger partial charge in [-0.2, -0.15) is 0 Å². The molecule has 0 saturated heterocycles. The number of nitrogen functional groups attached to an aromatic ring is 1. The second-order valence-electron chi connectivity index (χ2n) is 4.71. The van der Waals surface area contributed by atoms with Gasteiger partial charge in [-0.05, 0) is 25.7 Å². The highest BCUT2D eigenvalue weighted by atomic mass is 32.1. The molecule has 5 heteroatoms. The predicted molar refractivity (Wildman–Crippen MR) is 71.0 cm³/mol. The predicted octanol–water partition coefficient (Wildman–Crippen LogP) is 1.97. The number of anilines is 1. The summed E-state index contributed by atoms with van der Waals surface area (Å²) >= 11 is 1.58. The van der Waals surface area contributed by atoms with Gasteiger partial charge >= 0.3 is 0 Å². The van der Waals surface area contributed by atoms with Crippen LogP contribution in [0, 0.1) is 5.92 Å². The monoisotopic (exact) mass is 255 g/mol. The normalized spacial score (nSPS) is 17.6. The minimum absolute atomic E-state index is 0.633. The van der Waals surface area contributed by atoms with Gasteiger partial charge in [0.2, 0.25) is 0 Å². The zero-order valence-corrected chi connectivity index (χ0v) is 11.4. The van der Waals surface area contributed by atoms with Crippen molar-refractivity contribution in [3.63, 3.8) is 0 Å². The van der Waals surface area contributed by atoms with Gasteiger partial charge in [0.15, 0.2) is 5.13 Å². The molecule has 1 aromatic heterocycles. The second kappa shape index (κ2) is 5.80. The fraction of sp³-hybridized carbons (Fsp3) is 0.750. The van der Waals surface area contributed by atoms with Crippen molar-refractivity contribution in [3.8, 4) is 0 Å². The van der Waals surface area contributed by atoms with Crippen LogP contribution in [0.15, 0.2) is 6.20 Å². The number of methoxy groups -OCH3 is 1. The number of thiazole rings is 1. The Bertz CT molecular complexity index is 351. The third-order valence-electron chi connectivity index (χ3n) is 3.39. The molecule has 4 nitrogen and oxygen atoms in total. The van der Waals surface area contributed by atoms with Crippen molar-refractivity contribution in [1.29, 1.82) is 0 Å². The van der Waals surface area contributed by atoms with Gasteiger partial charge < -0.3 is 10.5 Å². The topological polar surface area (TPSA) is 51.4 Å². The van der Waals surface area contributed by atoms with E-state index in [4.69, 9.17) is 10.5 Å². The number of nitrogens with two attached hydrogens (primary N) is 1. The Morgan fingerprint density at radius 3 is 2.94 bits per heavy atom. The quantitative estimate of drug-likeness (QED) is 0.809. The molecule has 2 N–H and O–H groups in total. The Morgan fingerprint density at radius 2 is 2.41 bits per heavy atom. The summed E-state index contributed by atoms with van der Waals surface area (Å²) in [6.45, 7) is 5.02. The summed E-state index contributed by atoms with van der Waals surface area (Å²) in [7, 11) is 1.75. The van der Waals surface area contributed by atoms with Crippen LogP contribution in [0.4, 0.5) is 5.13 Å². The highest BCUT2D eigenvalue weighted by Gasteiger charge is 2.31. The lowest BCUT2D eigenvalue weighted by atomic mass is 10.2. The van der Waals surface area contributed by atoms with Gasteiger partial charge in [0.1, 0.15) is 0 Å². The smallest absolute Gasteiger partial charge is 0.180 e. The summed E-state index contributed by atoms with van der Waals surface area (Å²) in [6.07, 6.45) is 4.63. The summed E-state index contributed by atoms with van der Waals surface area (Å²) in [5, 5.41) is 0.658. The van der Waals surface area contributed by atoms with Crippen LogP contribution in [0.5, 0.6) is 0 Å². The number of rotatable bonds is 7. The molecule has 0 spiro atoms. The van der Waals surface area contributed by atoms with Crippen LogP contribution >= 0.6 is 11.3 Å². The van der Waals surface area contributed by atoms with Gasteiger partial charge in [-0.3, -0.25) is 4.90 Å². The fourth-order valence-electron chi connectivity index (χ4n) is 2.11. The van der Waals surface area contributed by atoms with E-state index >= 15 is 0 Å². The lowest BCUT2D eigenvalue weighted by Gasteiger charge is -2.28. The summed E-state index contributed by atoms with van der Waals surface area (Å²) in [5.74, 6) is 0.872. The van der Waals surface area contributed by atoms with Gasteiger partial charge in [0.05, 0.1) is 6.61 Å². The molecule has 1 heterocycles. The van der Waals surface area contributed by atoms with E-state index in [0.29, 0.717) is 11.2 Å². The molecule has 1 unspecified atom stereocenters. The molecule has 1 aromatic rings. The highest BCUT2D eigenvalue weighted by Crippen LogP contribution is 2.35. The van der Waals surface area contributed by atoms with E-state index in [0.717, 1.165) is 25.6 Å². The van der Waals surface area contributed by atoms with Crippen molar-refractivity contribution in [2.45, 2.75) is 32.4 Å². The molecule has 1 aliphatic rings. The van der Waals surface area contributed by atoms with Gasteiger partial charge in [0.25, 0.3) is 0 Å². The van der Waals surface area contributed by atoms with Crippen LogP contribution in [0.25, 0.3) is 0 Å². The zero-order valence-electron chi connectivity index (χ0n) is 10.6. The maximum absolute atomic E-state index is 5.67. The number of aromatic nitrogens is 1. The molecule has 1 fully saturated rings. The van der Waals surface area contributed by atoms with Gasteiger partial charge in [0, 0.05) is 37.3 Å². The molecule has 0 aromatic carbocycles. The van der Waals surface area contributed by atoms with Crippen molar-refractivity contribution in [2.24, 2.45) is 5.92 Å². The van der Waals surface area contributed by atoms with E-state index in [1.54, 1.807) is 18.4 Å². The molecular formula is C12H21N3OS. The first-order chi connectivity index (χ1) is 8.20. The Labute approximate surface area is 107 Å². The van der Waals surface area contributed by atoms with Crippen LogP contribution < -0.4 is 5.73 Å². The molecule has 0 bridgehead atoms. The van der Waals surface area contributed by atoms with Crippen molar-refractivity contribution >= 4 is 16.5 Å². The third-order valence-corrected chi connectivity index (χ3v) is 4.20. The Hall–Kier alpha value is -0.650. The Kier molecular flexibility index (Phi) is 4.36.